The minimum atomic E-state index is -0.0468. The fourth-order valence-corrected chi connectivity index (χ4v) is 1.33. The maximum Gasteiger partial charge on any atom is 0.239 e. The molecule has 0 fully saturated rings. The highest BCUT2D eigenvalue weighted by Gasteiger charge is 2.24. The SMILES string of the molecule is CCC(C)COC1=C2NC=NC2NC=N1. The molecule has 0 aromatic heterocycles. The van der Waals surface area contributed by atoms with Gasteiger partial charge in [0.05, 0.1) is 19.3 Å². The predicted molar refractivity (Wildman–Crippen MR) is 59.5 cm³/mol. The minimum absolute atomic E-state index is 0.0468. The van der Waals surface area contributed by atoms with Gasteiger partial charge in [-0.15, -0.1) is 0 Å². The Bertz CT molecular complexity index is 321. The Morgan fingerprint density at radius 2 is 2.40 bits per heavy atom. The summed E-state index contributed by atoms with van der Waals surface area (Å²) in [5.41, 5.74) is 0.904. The van der Waals surface area contributed by atoms with Gasteiger partial charge in [-0.25, -0.2) is 9.98 Å². The molecule has 0 radical (unpaired) electrons. The molecular formula is C10H16N4O. The number of aliphatic imine (C=N–C) groups is 2. The highest BCUT2D eigenvalue weighted by Crippen LogP contribution is 2.17. The zero-order chi connectivity index (χ0) is 10.7. The second kappa shape index (κ2) is 4.33. The van der Waals surface area contributed by atoms with Crippen LogP contribution < -0.4 is 10.6 Å². The molecule has 2 heterocycles. The summed E-state index contributed by atoms with van der Waals surface area (Å²) in [6, 6.07) is 0. The number of hydrogen-bond acceptors (Lipinski definition) is 5. The Kier molecular flexibility index (Phi) is 2.89. The van der Waals surface area contributed by atoms with E-state index < -0.39 is 0 Å². The van der Waals surface area contributed by atoms with Crippen molar-refractivity contribution >= 4 is 12.7 Å². The van der Waals surface area contributed by atoms with Crippen LogP contribution in [-0.4, -0.2) is 25.4 Å². The van der Waals surface area contributed by atoms with Crippen LogP contribution in [0.5, 0.6) is 0 Å². The van der Waals surface area contributed by atoms with Crippen LogP contribution in [0.3, 0.4) is 0 Å². The van der Waals surface area contributed by atoms with E-state index >= 15 is 0 Å². The summed E-state index contributed by atoms with van der Waals surface area (Å²) >= 11 is 0. The van der Waals surface area contributed by atoms with Gasteiger partial charge in [0.15, 0.2) is 6.17 Å². The van der Waals surface area contributed by atoms with Gasteiger partial charge in [-0.2, -0.15) is 0 Å². The van der Waals surface area contributed by atoms with Gasteiger partial charge in [0.25, 0.3) is 0 Å². The van der Waals surface area contributed by atoms with E-state index in [0.29, 0.717) is 18.4 Å². The summed E-state index contributed by atoms with van der Waals surface area (Å²) in [5.74, 6) is 1.19. The van der Waals surface area contributed by atoms with Crippen molar-refractivity contribution in [2.45, 2.75) is 26.4 Å². The van der Waals surface area contributed by atoms with Crippen LogP contribution in [0.1, 0.15) is 20.3 Å². The lowest BCUT2D eigenvalue weighted by Gasteiger charge is -2.19. The first kappa shape index (κ1) is 10.0. The Hall–Kier alpha value is -1.52. The Labute approximate surface area is 89.3 Å². The van der Waals surface area contributed by atoms with E-state index in [0.717, 1.165) is 12.1 Å². The van der Waals surface area contributed by atoms with E-state index in [4.69, 9.17) is 4.74 Å². The van der Waals surface area contributed by atoms with E-state index in [1.165, 1.54) is 0 Å². The van der Waals surface area contributed by atoms with E-state index in [-0.39, 0.29) is 6.17 Å². The first-order valence-electron chi connectivity index (χ1n) is 5.25. The van der Waals surface area contributed by atoms with E-state index in [2.05, 4.69) is 34.5 Å². The van der Waals surface area contributed by atoms with Crippen LogP contribution in [0.15, 0.2) is 21.6 Å². The molecule has 0 saturated carbocycles. The molecule has 2 unspecified atom stereocenters. The molecule has 5 heteroatoms. The first-order valence-corrected chi connectivity index (χ1v) is 5.25. The molecule has 0 bridgehead atoms. The maximum atomic E-state index is 5.65. The van der Waals surface area contributed by atoms with E-state index in [1.54, 1.807) is 12.7 Å². The van der Waals surface area contributed by atoms with Crippen molar-refractivity contribution in [3.63, 3.8) is 0 Å². The van der Waals surface area contributed by atoms with Crippen molar-refractivity contribution in [3.05, 3.63) is 11.6 Å². The lowest BCUT2D eigenvalue weighted by Crippen LogP contribution is -2.33. The monoisotopic (exact) mass is 208 g/mol. The Balaban J connectivity index is 1.98. The standard InChI is InChI=1S/C10H16N4O/c1-3-7(2)4-15-10-8-9(12-5-11-8)13-6-14-10/h5-7,9H,3-4H2,1-2H3,(H,11,12)(H,13,14). The van der Waals surface area contributed by atoms with Gasteiger partial charge < -0.3 is 15.4 Å². The minimum Gasteiger partial charge on any atom is -0.476 e. The highest BCUT2D eigenvalue weighted by atomic mass is 16.5. The molecule has 0 amide bonds. The van der Waals surface area contributed by atoms with Gasteiger partial charge in [-0.1, -0.05) is 20.3 Å². The fourth-order valence-electron chi connectivity index (χ4n) is 1.33. The number of rotatable bonds is 4. The number of fused-ring (bicyclic) bond motifs is 1. The third-order valence-electron chi connectivity index (χ3n) is 2.56. The number of hydrogen-bond donors (Lipinski definition) is 2. The van der Waals surface area contributed by atoms with Crippen molar-refractivity contribution in [2.24, 2.45) is 15.9 Å². The number of nitrogens with one attached hydrogen (secondary N) is 2. The van der Waals surface area contributed by atoms with Gasteiger partial charge >= 0.3 is 0 Å². The molecule has 82 valence electrons. The molecule has 2 rings (SSSR count). The summed E-state index contributed by atoms with van der Waals surface area (Å²) in [4.78, 5) is 8.34. The largest absolute Gasteiger partial charge is 0.476 e. The van der Waals surface area contributed by atoms with Crippen LogP contribution in [0, 0.1) is 5.92 Å². The average molecular weight is 208 g/mol. The van der Waals surface area contributed by atoms with Crippen LogP contribution in [-0.2, 0) is 4.74 Å². The summed E-state index contributed by atoms with van der Waals surface area (Å²) in [5, 5.41) is 6.06. The van der Waals surface area contributed by atoms with Crippen molar-refractivity contribution < 1.29 is 4.74 Å². The molecule has 2 atom stereocenters. The predicted octanol–water partition coefficient (Wildman–Crippen LogP) is 0.807. The van der Waals surface area contributed by atoms with Gasteiger partial charge in [-0.05, 0) is 5.92 Å². The molecular weight excluding hydrogens is 192 g/mol. The quantitative estimate of drug-likeness (QED) is 0.718. The molecule has 0 aromatic carbocycles. The Morgan fingerprint density at radius 3 is 3.20 bits per heavy atom. The zero-order valence-corrected chi connectivity index (χ0v) is 9.03. The van der Waals surface area contributed by atoms with Gasteiger partial charge in [0.2, 0.25) is 5.88 Å². The van der Waals surface area contributed by atoms with Gasteiger partial charge in [-0.3, -0.25) is 0 Å². The molecule has 0 aromatic rings. The van der Waals surface area contributed by atoms with Gasteiger partial charge in [0, 0.05) is 0 Å². The second-order valence-electron chi connectivity index (χ2n) is 3.79. The average Bonchev–Trinajstić information content (AvgIpc) is 2.74. The zero-order valence-electron chi connectivity index (χ0n) is 9.03. The van der Waals surface area contributed by atoms with Crippen molar-refractivity contribution in [2.75, 3.05) is 6.61 Å². The van der Waals surface area contributed by atoms with Crippen LogP contribution in [0.2, 0.25) is 0 Å². The molecule has 0 saturated heterocycles. The fraction of sp³-hybridized carbons (Fsp3) is 0.600. The summed E-state index contributed by atoms with van der Waals surface area (Å²) in [7, 11) is 0. The number of ether oxygens (including phenoxy) is 1. The topological polar surface area (TPSA) is 58.0 Å². The van der Waals surface area contributed by atoms with Crippen molar-refractivity contribution in [1.82, 2.24) is 10.6 Å². The second-order valence-corrected chi connectivity index (χ2v) is 3.79. The molecule has 0 aliphatic carbocycles. The molecule has 2 N–H and O–H groups in total. The lowest BCUT2D eigenvalue weighted by molar-refractivity contribution is 0.162. The van der Waals surface area contributed by atoms with Gasteiger partial charge in [0.1, 0.15) is 5.70 Å². The third kappa shape index (κ3) is 2.11. The smallest absolute Gasteiger partial charge is 0.239 e. The van der Waals surface area contributed by atoms with Crippen LogP contribution >= 0.6 is 0 Å². The summed E-state index contributed by atoms with van der Waals surface area (Å²) < 4.78 is 5.65. The Morgan fingerprint density at radius 1 is 1.53 bits per heavy atom. The highest BCUT2D eigenvalue weighted by molar-refractivity contribution is 5.68. The van der Waals surface area contributed by atoms with Crippen molar-refractivity contribution in [1.29, 1.82) is 0 Å². The maximum absolute atomic E-state index is 5.65. The van der Waals surface area contributed by atoms with E-state index in [9.17, 15) is 0 Å². The molecule has 15 heavy (non-hydrogen) atoms. The van der Waals surface area contributed by atoms with Crippen molar-refractivity contribution in [3.8, 4) is 0 Å². The van der Waals surface area contributed by atoms with Crippen LogP contribution in [0.25, 0.3) is 0 Å². The van der Waals surface area contributed by atoms with E-state index in [1.807, 2.05) is 0 Å². The molecule has 2 aliphatic rings. The summed E-state index contributed by atoms with van der Waals surface area (Å²) in [6.45, 7) is 5.00. The molecule has 0 spiro atoms. The van der Waals surface area contributed by atoms with Crippen LogP contribution in [0.4, 0.5) is 0 Å². The summed E-state index contributed by atoms with van der Waals surface area (Å²) in [6.07, 6.45) is 4.35. The molecule has 2 aliphatic heterocycles. The third-order valence-corrected chi connectivity index (χ3v) is 2.56. The molecule has 5 nitrogen and oxygen atoms in total. The lowest BCUT2D eigenvalue weighted by atomic mass is 10.1. The normalized spacial score (nSPS) is 24.5. The first-order chi connectivity index (χ1) is 7.31. The number of nitrogens with zero attached hydrogens (tertiary/aromatic N) is 2.